The smallest absolute Gasteiger partial charge is 0.279 e. The lowest BCUT2D eigenvalue weighted by molar-refractivity contribution is 0.0998. The Kier molecular flexibility index (Phi) is 6.39. The van der Waals surface area contributed by atoms with Crippen molar-refractivity contribution in [2.45, 2.75) is 24.3 Å². The summed E-state index contributed by atoms with van der Waals surface area (Å²) >= 11 is 1.33. The molecule has 1 amide bonds. The minimum Gasteiger partial charge on any atom is -0.497 e. The third-order valence-corrected chi connectivity index (χ3v) is 8.96. The van der Waals surface area contributed by atoms with Crippen molar-refractivity contribution in [1.82, 2.24) is 4.57 Å². The van der Waals surface area contributed by atoms with Gasteiger partial charge in [-0.25, -0.2) is 8.42 Å². The summed E-state index contributed by atoms with van der Waals surface area (Å²) in [5.41, 5.74) is 2.86. The van der Waals surface area contributed by atoms with E-state index in [4.69, 9.17) is 11.2 Å². The average Bonchev–Trinajstić information content (AvgIpc) is 3.24. The Bertz CT molecular complexity index is 1680. The molecule has 9 heteroatoms. The monoisotopic (exact) mass is 517 g/mol. The number of carbonyl (C=O) groups excluding carboxylic acids is 1. The first kappa shape index (κ1) is 23.9. The van der Waals surface area contributed by atoms with Crippen LogP contribution in [0.2, 0.25) is 0 Å². The summed E-state index contributed by atoms with van der Waals surface area (Å²) < 4.78 is 36.2. The third-order valence-electron chi connectivity index (χ3n) is 6.09. The van der Waals surface area contributed by atoms with Crippen LogP contribution in [0.1, 0.15) is 22.3 Å². The number of anilines is 1. The summed E-state index contributed by atoms with van der Waals surface area (Å²) in [6.45, 7) is 0.675. The van der Waals surface area contributed by atoms with Crippen LogP contribution in [0.3, 0.4) is 0 Å². The number of terminal acetylenes is 1. The lowest BCUT2D eigenvalue weighted by Gasteiger charge is -2.30. The number of benzene rings is 3. The predicted octanol–water partition coefficient (Wildman–Crippen LogP) is 4.23. The molecule has 7 nitrogen and oxygen atoms in total. The number of hydrogen-bond donors (Lipinski definition) is 0. The Morgan fingerprint density at radius 2 is 1.92 bits per heavy atom. The van der Waals surface area contributed by atoms with E-state index in [2.05, 4.69) is 10.9 Å². The van der Waals surface area contributed by atoms with Gasteiger partial charge in [-0.3, -0.25) is 9.10 Å². The normalized spacial score (nSPS) is 13.9. The van der Waals surface area contributed by atoms with Crippen molar-refractivity contribution in [3.05, 3.63) is 82.7 Å². The molecular formula is C27H23N3O4S2. The molecule has 0 unspecified atom stereocenters. The van der Waals surface area contributed by atoms with Crippen molar-refractivity contribution in [2.75, 3.05) is 18.0 Å². The number of rotatable bonds is 5. The Balaban J connectivity index is 1.47. The Morgan fingerprint density at radius 1 is 1.14 bits per heavy atom. The molecule has 0 spiro atoms. The zero-order chi connectivity index (χ0) is 25.3. The number of amides is 1. The highest BCUT2D eigenvalue weighted by Crippen LogP contribution is 2.32. The van der Waals surface area contributed by atoms with Gasteiger partial charge in [0.2, 0.25) is 0 Å². The summed E-state index contributed by atoms with van der Waals surface area (Å²) in [6, 6.07) is 19.0. The molecule has 1 aromatic heterocycles. The third kappa shape index (κ3) is 4.30. The van der Waals surface area contributed by atoms with Crippen molar-refractivity contribution >= 4 is 43.2 Å². The van der Waals surface area contributed by atoms with Gasteiger partial charge >= 0.3 is 0 Å². The molecule has 1 aliphatic heterocycles. The molecule has 4 aromatic rings. The number of fused-ring (bicyclic) bond motifs is 2. The summed E-state index contributed by atoms with van der Waals surface area (Å²) in [4.78, 5) is 17.9. The first-order valence-corrected chi connectivity index (χ1v) is 13.6. The van der Waals surface area contributed by atoms with Gasteiger partial charge in [-0.05, 0) is 66.9 Å². The molecule has 36 heavy (non-hydrogen) atoms. The number of thiazole rings is 1. The fourth-order valence-corrected chi connectivity index (χ4v) is 6.90. The first-order valence-electron chi connectivity index (χ1n) is 11.3. The highest BCUT2D eigenvalue weighted by molar-refractivity contribution is 7.92. The molecule has 3 aromatic carbocycles. The van der Waals surface area contributed by atoms with Gasteiger partial charge in [0.15, 0.2) is 4.80 Å². The van der Waals surface area contributed by atoms with E-state index < -0.39 is 15.9 Å². The number of carbonyl (C=O) groups is 1. The van der Waals surface area contributed by atoms with Crippen LogP contribution in [0.4, 0.5) is 5.69 Å². The van der Waals surface area contributed by atoms with Crippen molar-refractivity contribution < 1.29 is 17.9 Å². The van der Waals surface area contributed by atoms with Crippen LogP contribution < -0.4 is 13.8 Å². The summed E-state index contributed by atoms with van der Waals surface area (Å²) in [5, 5.41) is 0. The van der Waals surface area contributed by atoms with Crippen molar-refractivity contribution in [3.8, 4) is 18.1 Å². The molecule has 0 radical (unpaired) electrons. The second-order valence-electron chi connectivity index (χ2n) is 8.26. The predicted molar refractivity (Wildman–Crippen MR) is 141 cm³/mol. The van der Waals surface area contributed by atoms with E-state index in [1.54, 1.807) is 11.7 Å². The molecule has 0 N–H and O–H groups in total. The van der Waals surface area contributed by atoms with Gasteiger partial charge in [0, 0.05) is 12.1 Å². The Morgan fingerprint density at radius 3 is 2.67 bits per heavy atom. The van der Waals surface area contributed by atoms with Crippen molar-refractivity contribution in [3.63, 3.8) is 0 Å². The number of aryl methyl sites for hydroxylation is 1. The molecule has 0 aliphatic carbocycles. The minimum absolute atomic E-state index is 0.132. The standard InChI is InChI=1S/C27H23N3O4S2/c1-3-16-29-24-15-12-21(34-2)18-25(24)35-27(29)28-26(31)20-10-13-22(14-11-20)36(32,33)30-17-6-8-19-7-4-5-9-23(19)30/h1,4-5,7,9-15,18H,6,8,16-17H2,2H3. The fraction of sp³-hybridized carbons (Fsp3) is 0.185. The molecule has 2 heterocycles. The molecule has 0 bridgehead atoms. The van der Waals surface area contributed by atoms with E-state index >= 15 is 0 Å². The quantitative estimate of drug-likeness (QED) is 0.371. The minimum atomic E-state index is -3.76. The molecule has 5 rings (SSSR count). The number of methoxy groups -OCH3 is 1. The number of hydrogen-bond acceptors (Lipinski definition) is 5. The van der Waals surface area contributed by atoms with Gasteiger partial charge in [0.1, 0.15) is 5.75 Å². The van der Waals surface area contributed by atoms with Crippen LogP contribution in [0.5, 0.6) is 5.75 Å². The van der Waals surface area contributed by atoms with Gasteiger partial charge in [-0.15, -0.1) is 6.42 Å². The van der Waals surface area contributed by atoms with Gasteiger partial charge < -0.3 is 9.30 Å². The van der Waals surface area contributed by atoms with E-state index in [0.717, 1.165) is 28.6 Å². The summed E-state index contributed by atoms with van der Waals surface area (Å²) in [5.74, 6) is 2.82. The van der Waals surface area contributed by atoms with Crippen LogP contribution in [-0.2, 0) is 23.0 Å². The Labute approximate surface area is 213 Å². The maximum Gasteiger partial charge on any atom is 0.279 e. The SMILES string of the molecule is C#CCn1c(=NC(=O)c2ccc(S(=O)(=O)N3CCCc4ccccc43)cc2)sc2cc(OC)ccc21. The van der Waals surface area contributed by atoms with E-state index in [1.807, 2.05) is 42.5 Å². The molecule has 1 aliphatic rings. The van der Waals surface area contributed by atoms with E-state index in [9.17, 15) is 13.2 Å². The average molecular weight is 518 g/mol. The number of para-hydroxylation sites is 1. The Hall–Kier alpha value is -3.87. The van der Waals surface area contributed by atoms with Crippen LogP contribution in [0, 0.1) is 12.3 Å². The maximum absolute atomic E-state index is 13.4. The lowest BCUT2D eigenvalue weighted by atomic mass is 10.0. The fourth-order valence-electron chi connectivity index (χ4n) is 4.31. The molecule has 182 valence electrons. The second-order valence-corrected chi connectivity index (χ2v) is 11.1. The second kappa shape index (κ2) is 9.64. The highest BCUT2D eigenvalue weighted by Gasteiger charge is 2.29. The topological polar surface area (TPSA) is 81.0 Å². The molecule has 0 atom stereocenters. The molecule has 0 fully saturated rings. The number of sulfonamides is 1. The van der Waals surface area contributed by atoms with Gasteiger partial charge in [-0.2, -0.15) is 4.99 Å². The number of aromatic nitrogens is 1. The molecule has 0 saturated carbocycles. The largest absolute Gasteiger partial charge is 0.497 e. The van der Waals surface area contributed by atoms with Crippen LogP contribution in [0.15, 0.2) is 76.6 Å². The van der Waals surface area contributed by atoms with Crippen molar-refractivity contribution in [1.29, 1.82) is 0 Å². The lowest BCUT2D eigenvalue weighted by Crippen LogP contribution is -2.35. The van der Waals surface area contributed by atoms with Crippen LogP contribution in [-0.4, -0.2) is 32.5 Å². The van der Waals surface area contributed by atoms with Crippen LogP contribution in [0.25, 0.3) is 10.2 Å². The van der Waals surface area contributed by atoms with Gasteiger partial charge in [-0.1, -0.05) is 35.5 Å². The zero-order valence-corrected chi connectivity index (χ0v) is 21.2. The summed E-state index contributed by atoms with van der Waals surface area (Å²) in [6.07, 6.45) is 7.15. The number of ether oxygens (including phenoxy) is 1. The van der Waals surface area contributed by atoms with E-state index in [0.29, 0.717) is 22.8 Å². The van der Waals surface area contributed by atoms with Gasteiger partial charge in [0.05, 0.1) is 34.5 Å². The molecule has 0 saturated heterocycles. The first-order chi connectivity index (χ1) is 17.4. The molecular weight excluding hydrogens is 494 g/mol. The van der Waals surface area contributed by atoms with Gasteiger partial charge in [0.25, 0.3) is 15.9 Å². The highest BCUT2D eigenvalue weighted by atomic mass is 32.2. The zero-order valence-electron chi connectivity index (χ0n) is 19.5. The van der Waals surface area contributed by atoms with Crippen molar-refractivity contribution in [2.24, 2.45) is 4.99 Å². The van der Waals surface area contributed by atoms with E-state index in [1.165, 1.54) is 39.9 Å². The maximum atomic E-state index is 13.4. The van der Waals surface area contributed by atoms with Crippen LogP contribution >= 0.6 is 11.3 Å². The summed E-state index contributed by atoms with van der Waals surface area (Å²) in [7, 11) is -2.17. The number of nitrogens with zero attached hydrogens (tertiary/aromatic N) is 3. The van der Waals surface area contributed by atoms with E-state index in [-0.39, 0.29) is 17.0 Å².